The Bertz CT molecular complexity index is 1010. The maximum absolute atomic E-state index is 12.8. The summed E-state index contributed by atoms with van der Waals surface area (Å²) in [6, 6.07) is 14.5. The predicted molar refractivity (Wildman–Crippen MR) is 117 cm³/mol. The summed E-state index contributed by atoms with van der Waals surface area (Å²) in [5, 5.41) is 5.62. The van der Waals surface area contributed by atoms with Crippen molar-refractivity contribution in [1.29, 1.82) is 0 Å². The van der Waals surface area contributed by atoms with Crippen molar-refractivity contribution >= 4 is 33.2 Å². The Morgan fingerprint density at radius 1 is 1.00 bits per heavy atom. The van der Waals surface area contributed by atoms with E-state index >= 15 is 0 Å². The third kappa shape index (κ3) is 5.67. The summed E-state index contributed by atoms with van der Waals surface area (Å²) >= 11 is 0. The molecule has 7 nitrogen and oxygen atoms in total. The summed E-state index contributed by atoms with van der Waals surface area (Å²) in [4.78, 5) is 24.2. The summed E-state index contributed by atoms with van der Waals surface area (Å²) in [5.74, 6) is -0.689. The SMILES string of the molecule is CC(=O)Nc1ccc(C)cc1NC(=O)C1CCN(S(=O)(=O)Cc2ccccc2)CC1. The molecule has 1 saturated heterocycles. The number of carbonyl (C=O) groups excluding carboxylic acids is 2. The van der Waals surface area contributed by atoms with E-state index in [4.69, 9.17) is 0 Å². The van der Waals surface area contributed by atoms with Crippen LogP contribution in [0.25, 0.3) is 0 Å². The fourth-order valence-corrected chi connectivity index (χ4v) is 5.13. The minimum Gasteiger partial charge on any atom is -0.325 e. The van der Waals surface area contributed by atoms with Gasteiger partial charge in [-0.1, -0.05) is 36.4 Å². The van der Waals surface area contributed by atoms with Crippen LogP contribution in [-0.2, 0) is 25.4 Å². The van der Waals surface area contributed by atoms with Crippen molar-refractivity contribution in [3.05, 3.63) is 59.7 Å². The van der Waals surface area contributed by atoms with Crippen LogP contribution in [0.5, 0.6) is 0 Å². The molecular formula is C22H27N3O4S. The zero-order valence-electron chi connectivity index (χ0n) is 17.2. The number of hydrogen-bond acceptors (Lipinski definition) is 4. The molecule has 2 N–H and O–H groups in total. The first kappa shape index (κ1) is 22.0. The van der Waals surface area contributed by atoms with Crippen LogP contribution in [0.2, 0.25) is 0 Å². The molecular weight excluding hydrogens is 402 g/mol. The third-order valence-corrected chi connectivity index (χ3v) is 7.00. The molecule has 0 aliphatic carbocycles. The molecule has 1 aliphatic heterocycles. The van der Waals surface area contributed by atoms with Gasteiger partial charge in [0.15, 0.2) is 0 Å². The molecule has 1 aliphatic rings. The van der Waals surface area contributed by atoms with E-state index in [9.17, 15) is 18.0 Å². The molecule has 0 spiro atoms. The third-order valence-electron chi connectivity index (χ3n) is 5.15. The average molecular weight is 430 g/mol. The summed E-state index contributed by atoms with van der Waals surface area (Å²) in [7, 11) is -3.42. The van der Waals surface area contributed by atoms with Crippen LogP contribution in [0, 0.1) is 12.8 Å². The number of benzene rings is 2. The second-order valence-corrected chi connectivity index (χ2v) is 9.60. The van der Waals surface area contributed by atoms with Gasteiger partial charge >= 0.3 is 0 Å². The average Bonchev–Trinajstić information content (AvgIpc) is 2.70. The Morgan fingerprint density at radius 2 is 1.67 bits per heavy atom. The Labute approximate surface area is 177 Å². The second-order valence-electron chi connectivity index (χ2n) is 7.63. The van der Waals surface area contributed by atoms with Crippen LogP contribution in [0.4, 0.5) is 11.4 Å². The van der Waals surface area contributed by atoms with E-state index in [2.05, 4.69) is 10.6 Å². The molecule has 2 aromatic carbocycles. The second kappa shape index (κ2) is 9.40. The lowest BCUT2D eigenvalue weighted by Crippen LogP contribution is -2.41. The van der Waals surface area contributed by atoms with Gasteiger partial charge in [-0.05, 0) is 43.0 Å². The molecule has 0 unspecified atom stereocenters. The monoisotopic (exact) mass is 429 g/mol. The maximum atomic E-state index is 12.8. The number of hydrogen-bond donors (Lipinski definition) is 2. The van der Waals surface area contributed by atoms with Crippen LogP contribution in [0.1, 0.15) is 30.9 Å². The van der Waals surface area contributed by atoms with Gasteiger partial charge in [-0.2, -0.15) is 0 Å². The maximum Gasteiger partial charge on any atom is 0.227 e. The van der Waals surface area contributed by atoms with E-state index in [1.807, 2.05) is 37.3 Å². The van der Waals surface area contributed by atoms with Gasteiger partial charge in [0.25, 0.3) is 0 Å². The Hall–Kier alpha value is -2.71. The van der Waals surface area contributed by atoms with Crippen molar-refractivity contribution in [2.24, 2.45) is 5.92 Å². The number of anilines is 2. The molecule has 0 atom stereocenters. The number of amides is 2. The number of sulfonamides is 1. The highest BCUT2D eigenvalue weighted by atomic mass is 32.2. The largest absolute Gasteiger partial charge is 0.325 e. The topological polar surface area (TPSA) is 95.6 Å². The van der Waals surface area contributed by atoms with Crippen molar-refractivity contribution in [1.82, 2.24) is 4.31 Å². The van der Waals surface area contributed by atoms with Gasteiger partial charge in [0.2, 0.25) is 21.8 Å². The van der Waals surface area contributed by atoms with E-state index in [0.717, 1.165) is 11.1 Å². The van der Waals surface area contributed by atoms with E-state index in [0.29, 0.717) is 37.3 Å². The molecule has 3 rings (SSSR count). The molecule has 2 aromatic rings. The number of piperidine rings is 1. The lowest BCUT2D eigenvalue weighted by molar-refractivity contribution is -0.121. The first-order valence-electron chi connectivity index (χ1n) is 9.95. The highest BCUT2D eigenvalue weighted by Crippen LogP contribution is 2.27. The van der Waals surface area contributed by atoms with Gasteiger partial charge in [0.1, 0.15) is 0 Å². The first-order chi connectivity index (χ1) is 14.2. The molecule has 2 amide bonds. The molecule has 8 heteroatoms. The quantitative estimate of drug-likeness (QED) is 0.737. The fraction of sp³-hybridized carbons (Fsp3) is 0.364. The molecule has 30 heavy (non-hydrogen) atoms. The van der Waals surface area contributed by atoms with Gasteiger partial charge < -0.3 is 10.6 Å². The number of nitrogens with one attached hydrogen (secondary N) is 2. The Balaban J connectivity index is 1.61. The first-order valence-corrected chi connectivity index (χ1v) is 11.6. The predicted octanol–water partition coefficient (Wildman–Crippen LogP) is 3.13. The molecule has 1 fully saturated rings. The van der Waals surface area contributed by atoms with Crippen LogP contribution >= 0.6 is 0 Å². The van der Waals surface area contributed by atoms with Gasteiger partial charge in [0.05, 0.1) is 17.1 Å². The van der Waals surface area contributed by atoms with Crippen LogP contribution in [-0.4, -0.2) is 37.6 Å². The van der Waals surface area contributed by atoms with Crippen molar-refractivity contribution in [2.75, 3.05) is 23.7 Å². The minimum atomic E-state index is -3.42. The lowest BCUT2D eigenvalue weighted by Gasteiger charge is -2.30. The van der Waals surface area contributed by atoms with Crippen LogP contribution in [0.15, 0.2) is 48.5 Å². The van der Waals surface area contributed by atoms with Crippen LogP contribution in [0.3, 0.4) is 0 Å². The zero-order chi connectivity index (χ0) is 21.7. The molecule has 0 radical (unpaired) electrons. The van der Waals surface area contributed by atoms with E-state index in [1.54, 1.807) is 18.2 Å². The fourth-order valence-electron chi connectivity index (χ4n) is 3.57. The van der Waals surface area contributed by atoms with Gasteiger partial charge in [0, 0.05) is 25.9 Å². The summed E-state index contributed by atoms with van der Waals surface area (Å²) in [6.45, 7) is 3.96. The van der Waals surface area contributed by atoms with Crippen molar-refractivity contribution in [3.63, 3.8) is 0 Å². The molecule has 160 valence electrons. The number of carbonyl (C=O) groups is 2. The van der Waals surface area contributed by atoms with E-state index in [1.165, 1.54) is 11.2 Å². The molecule has 0 aromatic heterocycles. The van der Waals surface area contributed by atoms with E-state index in [-0.39, 0.29) is 23.5 Å². The Kier molecular flexibility index (Phi) is 6.89. The van der Waals surface area contributed by atoms with E-state index < -0.39 is 10.0 Å². The minimum absolute atomic E-state index is 0.0337. The van der Waals surface area contributed by atoms with Gasteiger partial charge in [-0.3, -0.25) is 9.59 Å². The van der Waals surface area contributed by atoms with Crippen molar-refractivity contribution in [3.8, 4) is 0 Å². The van der Waals surface area contributed by atoms with Gasteiger partial charge in [-0.15, -0.1) is 0 Å². The number of aryl methyl sites for hydroxylation is 1. The standard InChI is InChI=1S/C22H27N3O4S/c1-16-8-9-20(23-17(2)26)21(14-16)24-22(27)19-10-12-25(13-11-19)30(28,29)15-18-6-4-3-5-7-18/h3-9,14,19H,10-13,15H2,1-2H3,(H,23,26)(H,24,27). The highest BCUT2D eigenvalue weighted by Gasteiger charge is 2.31. The van der Waals surface area contributed by atoms with Crippen LogP contribution < -0.4 is 10.6 Å². The zero-order valence-corrected chi connectivity index (χ0v) is 18.0. The summed E-state index contributed by atoms with van der Waals surface area (Å²) < 4.78 is 26.9. The van der Waals surface area contributed by atoms with Gasteiger partial charge in [-0.25, -0.2) is 12.7 Å². The smallest absolute Gasteiger partial charge is 0.227 e. The number of nitrogens with zero attached hydrogens (tertiary/aromatic N) is 1. The molecule has 1 heterocycles. The van der Waals surface area contributed by atoms with Crippen molar-refractivity contribution in [2.45, 2.75) is 32.4 Å². The normalized spacial score (nSPS) is 15.5. The summed E-state index contributed by atoms with van der Waals surface area (Å²) in [6.07, 6.45) is 0.919. The lowest BCUT2D eigenvalue weighted by atomic mass is 9.97. The summed E-state index contributed by atoms with van der Waals surface area (Å²) in [5.41, 5.74) is 2.81. The Morgan fingerprint density at radius 3 is 2.30 bits per heavy atom. The number of rotatable bonds is 6. The molecule has 0 saturated carbocycles. The highest BCUT2D eigenvalue weighted by molar-refractivity contribution is 7.88. The molecule has 0 bridgehead atoms. The van der Waals surface area contributed by atoms with Crippen molar-refractivity contribution < 1.29 is 18.0 Å².